The Morgan fingerprint density at radius 1 is 1.10 bits per heavy atom. The number of ether oxygens (including phenoxy) is 2. The van der Waals surface area contributed by atoms with E-state index in [1.807, 2.05) is 6.07 Å². The monoisotopic (exact) mass is 339 g/mol. The van der Waals surface area contributed by atoms with Crippen LogP contribution in [0, 0.1) is 11.8 Å². The quantitative estimate of drug-likeness (QED) is 0.862. The van der Waals surface area contributed by atoms with Gasteiger partial charge in [-0.25, -0.2) is 0 Å². The SMILES string of the molecule is CC1CCC(Nc2cc3c(cc2Br)OCCO3)C(C)C1. The van der Waals surface area contributed by atoms with Gasteiger partial charge in [0.2, 0.25) is 0 Å². The van der Waals surface area contributed by atoms with E-state index in [1.54, 1.807) is 0 Å². The Kier molecular flexibility index (Phi) is 4.11. The van der Waals surface area contributed by atoms with Crippen LogP contribution in [-0.2, 0) is 0 Å². The van der Waals surface area contributed by atoms with E-state index in [-0.39, 0.29) is 0 Å². The lowest BCUT2D eigenvalue weighted by Crippen LogP contribution is -2.33. The van der Waals surface area contributed by atoms with Crippen molar-refractivity contribution >= 4 is 21.6 Å². The molecule has 0 spiro atoms. The highest BCUT2D eigenvalue weighted by molar-refractivity contribution is 9.10. The summed E-state index contributed by atoms with van der Waals surface area (Å²) in [6.07, 6.45) is 3.85. The van der Waals surface area contributed by atoms with E-state index in [1.165, 1.54) is 19.3 Å². The van der Waals surface area contributed by atoms with Crippen LogP contribution in [0.3, 0.4) is 0 Å². The second kappa shape index (κ2) is 5.84. The molecule has 1 heterocycles. The molecule has 1 aliphatic heterocycles. The van der Waals surface area contributed by atoms with E-state index in [0.29, 0.717) is 25.2 Å². The summed E-state index contributed by atoms with van der Waals surface area (Å²) in [6.45, 7) is 5.96. The molecule has 0 amide bonds. The average molecular weight is 340 g/mol. The third-order valence-corrected chi connectivity index (χ3v) is 5.06. The predicted octanol–water partition coefficient (Wildman–Crippen LogP) is 4.46. The van der Waals surface area contributed by atoms with Gasteiger partial charge in [-0.3, -0.25) is 0 Å². The summed E-state index contributed by atoms with van der Waals surface area (Å²) in [7, 11) is 0. The molecule has 1 aromatic rings. The first-order valence-corrected chi connectivity index (χ1v) is 8.28. The Labute approximate surface area is 129 Å². The molecule has 3 rings (SSSR count). The maximum Gasteiger partial charge on any atom is 0.163 e. The van der Waals surface area contributed by atoms with Gasteiger partial charge < -0.3 is 14.8 Å². The Balaban J connectivity index is 1.77. The van der Waals surface area contributed by atoms with Crippen LogP contribution in [-0.4, -0.2) is 19.3 Å². The summed E-state index contributed by atoms with van der Waals surface area (Å²) in [5.74, 6) is 3.24. The first-order chi connectivity index (χ1) is 9.63. The van der Waals surface area contributed by atoms with Crippen LogP contribution >= 0.6 is 15.9 Å². The lowest BCUT2D eigenvalue weighted by Gasteiger charge is -2.34. The van der Waals surface area contributed by atoms with Crippen LogP contribution in [0.15, 0.2) is 16.6 Å². The normalized spacial score (nSPS) is 29.1. The smallest absolute Gasteiger partial charge is 0.163 e. The van der Waals surface area contributed by atoms with E-state index in [9.17, 15) is 0 Å². The molecule has 1 aliphatic carbocycles. The average Bonchev–Trinajstić information content (AvgIpc) is 2.42. The Bertz CT molecular complexity index is 492. The van der Waals surface area contributed by atoms with Crippen molar-refractivity contribution in [2.24, 2.45) is 11.8 Å². The topological polar surface area (TPSA) is 30.5 Å². The van der Waals surface area contributed by atoms with E-state index < -0.39 is 0 Å². The highest BCUT2D eigenvalue weighted by Crippen LogP contribution is 2.40. The summed E-state index contributed by atoms with van der Waals surface area (Å²) in [5.41, 5.74) is 1.11. The molecule has 1 N–H and O–H groups in total. The molecule has 2 aliphatic rings. The molecule has 4 heteroatoms. The Morgan fingerprint density at radius 2 is 1.80 bits per heavy atom. The molecule has 3 unspecified atom stereocenters. The molecule has 110 valence electrons. The van der Waals surface area contributed by atoms with E-state index in [2.05, 4.69) is 41.2 Å². The maximum atomic E-state index is 5.67. The van der Waals surface area contributed by atoms with Crippen LogP contribution in [0.25, 0.3) is 0 Å². The molecule has 0 bridgehead atoms. The third-order valence-electron chi connectivity index (χ3n) is 4.40. The molecule has 20 heavy (non-hydrogen) atoms. The van der Waals surface area contributed by atoms with Crippen molar-refractivity contribution in [1.29, 1.82) is 0 Å². The highest BCUT2D eigenvalue weighted by Gasteiger charge is 2.26. The molecule has 1 fully saturated rings. The van der Waals surface area contributed by atoms with Crippen LogP contribution in [0.2, 0.25) is 0 Å². The lowest BCUT2D eigenvalue weighted by molar-refractivity contribution is 0.171. The first-order valence-electron chi connectivity index (χ1n) is 7.49. The number of hydrogen-bond acceptors (Lipinski definition) is 3. The number of hydrogen-bond donors (Lipinski definition) is 1. The number of nitrogens with one attached hydrogen (secondary N) is 1. The van der Waals surface area contributed by atoms with Gasteiger partial charge in [-0.2, -0.15) is 0 Å². The Morgan fingerprint density at radius 3 is 2.50 bits per heavy atom. The summed E-state index contributed by atoms with van der Waals surface area (Å²) >= 11 is 3.64. The van der Waals surface area contributed by atoms with Gasteiger partial charge in [-0.1, -0.05) is 13.8 Å². The van der Waals surface area contributed by atoms with Crippen molar-refractivity contribution in [3.63, 3.8) is 0 Å². The standard InChI is InChI=1S/C16H22BrNO2/c1-10-3-4-13(11(2)7-10)18-14-9-16-15(8-12(14)17)19-5-6-20-16/h8-11,13,18H,3-7H2,1-2H3. The second-order valence-electron chi connectivity index (χ2n) is 6.12. The summed E-state index contributed by atoms with van der Waals surface area (Å²) in [4.78, 5) is 0. The molecule has 1 saturated carbocycles. The predicted molar refractivity (Wildman–Crippen MR) is 84.7 cm³/mol. The van der Waals surface area contributed by atoms with Gasteiger partial charge in [0.15, 0.2) is 11.5 Å². The summed E-state index contributed by atoms with van der Waals surface area (Å²) in [6, 6.07) is 4.61. The van der Waals surface area contributed by atoms with Gasteiger partial charge in [0.25, 0.3) is 0 Å². The van der Waals surface area contributed by atoms with Crippen molar-refractivity contribution in [2.75, 3.05) is 18.5 Å². The van der Waals surface area contributed by atoms with Gasteiger partial charge in [-0.05, 0) is 47.0 Å². The summed E-state index contributed by atoms with van der Waals surface area (Å²) in [5, 5.41) is 3.69. The molecule has 0 saturated heterocycles. The minimum absolute atomic E-state index is 0.546. The molecule has 3 atom stereocenters. The zero-order valence-corrected chi connectivity index (χ0v) is 13.7. The third kappa shape index (κ3) is 2.90. The van der Waals surface area contributed by atoms with Crippen LogP contribution in [0.5, 0.6) is 11.5 Å². The van der Waals surface area contributed by atoms with Crippen molar-refractivity contribution in [2.45, 2.75) is 39.2 Å². The van der Waals surface area contributed by atoms with Gasteiger partial charge >= 0.3 is 0 Å². The second-order valence-corrected chi connectivity index (χ2v) is 6.98. The molecule has 1 aromatic carbocycles. The van der Waals surface area contributed by atoms with Gasteiger partial charge in [0.05, 0.1) is 5.69 Å². The first kappa shape index (κ1) is 14.1. The molecule has 0 aromatic heterocycles. The van der Waals surface area contributed by atoms with Crippen molar-refractivity contribution < 1.29 is 9.47 Å². The van der Waals surface area contributed by atoms with Crippen molar-refractivity contribution in [1.82, 2.24) is 0 Å². The van der Waals surface area contributed by atoms with Gasteiger partial charge in [0, 0.05) is 22.6 Å². The van der Waals surface area contributed by atoms with Crippen LogP contribution in [0.1, 0.15) is 33.1 Å². The lowest BCUT2D eigenvalue weighted by atomic mass is 9.80. The molecular weight excluding hydrogens is 318 g/mol. The molecular formula is C16H22BrNO2. The fourth-order valence-corrected chi connectivity index (χ4v) is 3.69. The van der Waals surface area contributed by atoms with E-state index >= 15 is 0 Å². The molecule has 0 radical (unpaired) electrons. The van der Waals surface area contributed by atoms with Crippen LogP contribution < -0.4 is 14.8 Å². The number of benzene rings is 1. The largest absolute Gasteiger partial charge is 0.486 e. The summed E-state index contributed by atoms with van der Waals surface area (Å²) < 4.78 is 12.3. The fraction of sp³-hybridized carbons (Fsp3) is 0.625. The number of halogens is 1. The van der Waals surface area contributed by atoms with Gasteiger partial charge in [0.1, 0.15) is 13.2 Å². The number of anilines is 1. The van der Waals surface area contributed by atoms with Crippen molar-refractivity contribution in [3.05, 3.63) is 16.6 Å². The minimum atomic E-state index is 0.546. The molecule has 3 nitrogen and oxygen atoms in total. The van der Waals surface area contributed by atoms with Gasteiger partial charge in [-0.15, -0.1) is 0 Å². The number of rotatable bonds is 2. The zero-order valence-electron chi connectivity index (χ0n) is 12.1. The van der Waals surface area contributed by atoms with Crippen molar-refractivity contribution in [3.8, 4) is 11.5 Å². The van der Waals surface area contributed by atoms with Crippen LogP contribution in [0.4, 0.5) is 5.69 Å². The minimum Gasteiger partial charge on any atom is -0.486 e. The number of fused-ring (bicyclic) bond motifs is 1. The zero-order chi connectivity index (χ0) is 14.1. The maximum absolute atomic E-state index is 5.67. The highest BCUT2D eigenvalue weighted by atomic mass is 79.9. The van der Waals surface area contributed by atoms with E-state index in [4.69, 9.17) is 9.47 Å². The van der Waals surface area contributed by atoms with E-state index in [0.717, 1.165) is 27.6 Å². The Hall–Kier alpha value is -0.900. The fourth-order valence-electron chi connectivity index (χ4n) is 3.25.